The first kappa shape index (κ1) is 14.2. The maximum Gasteiger partial charge on any atom is 0.166 e. The van der Waals surface area contributed by atoms with Crippen LogP contribution in [0.25, 0.3) is 0 Å². The van der Waals surface area contributed by atoms with E-state index in [-0.39, 0.29) is 5.54 Å². The van der Waals surface area contributed by atoms with E-state index in [9.17, 15) is 0 Å². The summed E-state index contributed by atoms with van der Waals surface area (Å²) in [5.74, 6) is 1.52. The van der Waals surface area contributed by atoms with Crippen molar-refractivity contribution in [3.8, 4) is 11.5 Å². The largest absolute Gasteiger partial charge is 0.493 e. The molecule has 1 saturated heterocycles. The van der Waals surface area contributed by atoms with Gasteiger partial charge in [-0.3, -0.25) is 0 Å². The van der Waals surface area contributed by atoms with Crippen LogP contribution in [0.3, 0.4) is 0 Å². The van der Waals surface area contributed by atoms with Crippen molar-refractivity contribution in [2.45, 2.75) is 31.9 Å². The number of nitrogens with one attached hydrogen (secondary N) is 1. The predicted molar refractivity (Wildman–Crippen MR) is 74.8 cm³/mol. The fourth-order valence-corrected chi connectivity index (χ4v) is 2.92. The van der Waals surface area contributed by atoms with Gasteiger partial charge in [0, 0.05) is 18.2 Å². The summed E-state index contributed by atoms with van der Waals surface area (Å²) in [6.45, 7) is 3.81. The number of ether oxygens (including phenoxy) is 3. The molecule has 0 spiro atoms. The van der Waals surface area contributed by atoms with Gasteiger partial charge in [-0.05, 0) is 37.9 Å². The van der Waals surface area contributed by atoms with Gasteiger partial charge in [0.1, 0.15) is 0 Å². The van der Waals surface area contributed by atoms with E-state index in [4.69, 9.17) is 14.2 Å². The van der Waals surface area contributed by atoms with Gasteiger partial charge in [0.2, 0.25) is 0 Å². The standard InChI is InChI=1S/C15H23NO3/c1-15(8-5-9-16-15)12-6-7-13(18-3)14(19-4)11(12)10-17-2/h6-7,16H,5,8-10H2,1-4H3. The first-order valence-electron chi connectivity index (χ1n) is 6.64. The van der Waals surface area contributed by atoms with Gasteiger partial charge in [0.25, 0.3) is 0 Å². The van der Waals surface area contributed by atoms with E-state index in [2.05, 4.69) is 18.3 Å². The first-order chi connectivity index (χ1) is 9.16. The Labute approximate surface area is 115 Å². The smallest absolute Gasteiger partial charge is 0.166 e. The van der Waals surface area contributed by atoms with Crippen LogP contribution in [0.1, 0.15) is 30.9 Å². The Morgan fingerprint density at radius 1 is 1.21 bits per heavy atom. The minimum absolute atomic E-state index is 0.00653. The molecule has 106 valence electrons. The fourth-order valence-electron chi connectivity index (χ4n) is 2.92. The summed E-state index contributed by atoms with van der Waals surface area (Å²) in [5, 5.41) is 3.58. The molecule has 1 N–H and O–H groups in total. The van der Waals surface area contributed by atoms with Crippen LogP contribution in [-0.2, 0) is 16.9 Å². The van der Waals surface area contributed by atoms with Crippen LogP contribution >= 0.6 is 0 Å². The molecule has 19 heavy (non-hydrogen) atoms. The molecule has 2 rings (SSSR count). The Kier molecular flexibility index (Phi) is 4.32. The van der Waals surface area contributed by atoms with Gasteiger partial charge in [-0.15, -0.1) is 0 Å². The average molecular weight is 265 g/mol. The van der Waals surface area contributed by atoms with E-state index in [1.165, 1.54) is 12.0 Å². The zero-order valence-electron chi connectivity index (χ0n) is 12.2. The third kappa shape index (κ3) is 2.55. The molecular weight excluding hydrogens is 242 g/mol. The maximum atomic E-state index is 5.53. The summed E-state index contributed by atoms with van der Waals surface area (Å²) in [7, 11) is 5.03. The Balaban J connectivity index is 2.53. The molecule has 4 heteroatoms. The Bertz CT molecular complexity index is 439. The molecule has 0 aliphatic carbocycles. The van der Waals surface area contributed by atoms with E-state index in [1.807, 2.05) is 6.07 Å². The van der Waals surface area contributed by atoms with Gasteiger partial charge in [-0.1, -0.05) is 6.07 Å². The summed E-state index contributed by atoms with van der Waals surface area (Å²) < 4.78 is 16.3. The Morgan fingerprint density at radius 2 is 2.00 bits per heavy atom. The third-order valence-electron chi connectivity index (χ3n) is 3.90. The van der Waals surface area contributed by atoms with E-state index >= 15 is 0 Å². The molecule has 1 fully saturated rings. The van der Waals surface area contributed by atoms with Crippen molar-refractivity contribution < 1.29 is 14.2 Å². The molecule has 0 saturated carbocycles. The van der Waals surface area contributed by atoms with Gasteiger partial charge in [-0.2, -0.15) is 0 Å². The molecule has 0 amide bonds. The summed E-state index contributed by atoms with van der Waals surface area (Å²) in [6, 6.07) is 4.09. The lowest BCUT2D eigenvalue weighted by molar-refractivity contribution is 0.178. The molecular formula is C15H23NO3. The number of hydrogen-bond acceptors (Lipinski definition) is 4. The fraction of sp³-hybridized carbons (Fsp3) is 0.600. The van der Waals surface area contributed by atoms with Gasteiger partial charge < -0.3 is 19.5 Å². The molecule has 1 aliphatic rings. The van der Waals surface area contributed by atoms with Gasteiger partial charge >= 0.3 is 0 Å². The molecule has 1 unspecified atom stereocenters. The topological polar surface area (TPSA) is 39.7 Å². The zero-order valence-corrected chi connectivity index (χ0v) is 12.2. The SMILES string of the molecule is COCc1c(C2(C)CCCN2)ccc(OC)c1OC. The van der Waals surface area contributed by atoms with Gasteiger partial charge in [0.05, 0.1) is 20.8 Å². The molecule has 1 heterocycles. The van der Waals surface area contributed by atoms with Crippen molar-refractivity contribution in [3.63, 3.8) is 0 Å². The van der Waals surface area contributed by atoms with Crippen LogP contribution in [0, 0.1) is 0 Å². The predicted octanol–water partition coefficient (Wildman–Crippen LogP) is 2.45. The minimum atomic E-state index is -0.00653. The summed E-state index contributed by atoms with van der Waals surface area (Å²) in [6.07, 6.45) is 2.32. The van der Waals surface area contributed by atoms with Crippen molar-refractivity contribution in [2.24, 2.45) is 0 Å². The molecule has 0 aromatic heterocycles. The molecule has 1 atom stereocenters. The second-order valence-corrected chi connectivity index (χ2v) is 5.12. The van der Waals surface area contributed by atoms with Crippen LogP contribution in [0.15, 0.2) is 12.1 Å². The molecule has 1 aromatic carbocycles. The number of methoxy groups -OCH3 is 3. The highest BCUT2D eigenvalue weighted by Crippen LogP contribution is 2.41. The summed E-state index contributed by atoms with van der Waals surface area (Å²) >= 11 is 0. The summed E-state index contributed by atoms with van der Waals surface area (Å²) in [4.78, 5) is 0. The molecule has 0 bridgehead atoms. The third-order valence-corrected chi connectivity index (χ3v) is 3.90. The van der Waals surface area contributed by atoms with Crippen LogP contribution in [0.5, 0.6) is 11.5 Å². The Hall–Kier alpha value is -1.26. The highest BCUT2D eigenvalue weighted by molar-refractivity contribution is 5.52. The lowest BCUT2D eigenvalue weighted by atomic mass is 9.86. The molecule has 4 nitrogen and oxygen atoms in total. The van der Waals surface area contributed by atoms with E-state index in [1.54, 1.807) is 21.3 Å². The highest BCUT2D eigenvalue weighted by atomic mass is 16.5. The highest BCUT2D eigenvalue weighted by Gasteiger charge is 2.33. The number of rotatable bonds is 5. The molecule has 1 aliphatic heterocycles. The van der Waals surface area contributed by atoms with Crippen LogP contribution in [0.4, 0.5) is 0 Å². The minimum Gasteiger partial charge on any atom is -0.493 e. The summed E-state index contributed by atoms with van der Waals surface area (Å²) in [5.41, 5.74) is 2.30. The van der Waals surface area contributed by atoms with E-state index in [0.717, 1.165) is 30.0 Å². The van der Waals surface area contributed by atoms with Crippen LogP contribution in [-0.4, -0.2) is 27.9 Å². The van der Waals surface area contributed by atoms with Gasteiger partial charge in [-0.25, -0.2) is 0 Å². The lowest BCUT2D eigenvalue weighted by Crippen LogP contribution is -2.34. The van der Waals surface area contributed by atoms with Crippen LogP contribution in [0.2, 0.25) is 0 Å². The molecule has 0 radical (unpaired) electrons. The lowest BCUT2D eigenvalue weighted by Gasteiger charge is -2.29. The van der Waals surface area contributed by atoms with Crippen molar-refractivity contribution in [2.75, 3.05) is 27.9 Å². The number of hydrogen-bond donors (Lipinski definition) is 1. The van der Waals surface area contributed by atoms with Crippen molar-refractivity contribution in [1.82, 2.24) is 5.32 Å². The quantitative estimate of drug-likeness (QED) is 0.887. The Morgan fingerprint density at radius 3 is 2.53 bits per heavy atom. The monoisotopic (exact) mass is 265 g/mol. The first-order valence-corrected chi connectivity index (χ1v) is 6.64. The number of benzene rings is 1. The van der Waals surface area contributed by atoms with E-state index < -0.39 is 0 Å². The molecule has 1 aromatic rings. The zero-order chi connectivity index (χ0) is 13.9. The average Bonchev–Trinajstić information content (AvgIpc) is 2.86. The second kappa shape index (κ2) is 5.80. The normalized spacial score (nSPS) is 22.5. The second-order valence-electron chi connectivity index (χ2n) is 5.12. The van der Waals surface area contributed by atoms with Crippen LogP contribution < -0.4 is 14.8 Å². The van der Waals surface area contributed by atoms with Crippen molar-refractivity contribution >= 4 is 0 Å². The maximum absolute atomic E-state index is 5.53. The van der Waals surface area contributed by atoms with Crippen molar-refractivity contribution in [3.05, 3.63) is 23.3 Å². The van der Waals surface area contributed by atoms with Crippen molar-refractivity contribution in [1.29, 1.82) is 0 Å². The van der Waals surface area contributed by atoms with Gasteiger partial charge in [0.15, 0.2) is 11.5 Å². The van der Waals surface area contributed by atoms with E-state index in [0.29, 0.717) is 6.61 Å².